The highest BCUT2D eigenvalue weighted by molar-refractivity contribution is 9.10. The first-order valence-corrected chi connectivity index (χ1v) is 8.28. The zero-order chi connectivity index (χ0) is 16.9. The highest BCUT2D eigenvalue weighted by Crippen LogP contribution is 2.23. The Labute approximate surface area is 148 Å². The molecule has 3 rings (SSSR count). The van der Waals surface area contributed by atoms with Crippen molar-refractivity contribution < 1.29 is 4.74 Å². The van der Waals surface area contributed by atoms with Crippen LogP contribution < -0.4 is 10.2 Å². The van der Waals surface area contributed by atoms with Crippen molar-refractivity contribution in [1.82, 2.24) is 9.97 Å². The summed E-state index contributed by atoms with van der Waals surface area (Å²) in [5.74, 6) is 1.42. The van der Waals surface area contributed by atoms with E-state index in [1.165, 1.54) is 5.56 Å². The third-order valence-electron chi connectivity index (χ3n) is 3.57. The number of nitrogens with zero attached hydrogens (tertiary/aromatic N) is 3. The third kappa shape index (κ3) is 3.89. The number of hydrogen-bond acceptors (Lipinski definition) is 5. The number of benzene rings is 2. The molecule has 0 unspecified atom stereocenters. The van der Waals surface area contributed by atoms with Crippen LogP contribution in [0, 0.1) is 6.92 Å². The van der Waals surface area contributed by atoms with E-state index in [-0.39, 0.29) is 0 Å². The molecule has 0 saturated carbocycles. The average Bonchev–Trinajstić information content (AvgIpc) is 2.59. The molecular weight excluding hydrogens is 368 g/mol. The van der Waals surface area contributed by atoms with Crippen LogP contribution in [-0.4, -0.2) is 23.3 Å². The molecule has 2 aromatic carbocycles. The highest BCUT2D eigenvalue weighted by Gasteiger charge is 2.04. The molecule has 24 heavy (non-hydrogen) atoms. The summed E-state index contributed by atoms with van der Waals surface area (Å²) in [6.45, 7) is 1.98. The van der Waals surface area contributed by atoms with Gasteiger partial charge in [0.1, 0.15) is 5.75 Å². The standard InChI is InChI=1S/C18H17BrN4O/c1-12-9-16-15(10-17(12)24-2)20-11-18(22-16)23-21-8-7-13-3-5-14(19)6-4-13/h3-6,8-11H,7H2,1-2H3,(H,22,23)/b21-8+. The molecule has 0 aliphatic heterocycles. The van der Waals surface area contributed by atoms with E-state index < -0.39 is 0 Å². The number of aryl methyl sites for hydroxylation is 1. The zero-order valence-corrected chi connectivity index (χ0v) is 15.0. The number of nitrogens with one attached hydrogen (secondary N) is 1. The molecular formula is C18H17BrN4O. The summed E-state index contributed by atoms with van der Waals surface area (Å²) in [7, 11) is 1.65. The predicted octanol–water partition coefficient (Wildman–Crippen LogP) is 4.35. The SMILES string of the molecule is COc1cc2ncc(N/N=C/Cc3ccc(Br)cc3)nc2cc1C. The smallest absolute Gasteiger partial charge is 0.165 e. The highest BCUT2D eigenvalue weighted by atomic mass is 79.9. The van der Waals surface area contributed by atoms with Crippen LogP contribution >= 0.6 is 15.9 Å². The van der Waals surface area contributed by atoms with Crippen molar-refractivity contribution in [3.63, 3.8) is 0 Å². The van der Waals surface area contributed by atoms with E-state index in [0.717, 1.165) is 33.2 Å². The number of rotatable bonds is 5. The van der Waals surface area contributed by atoms with E-state index in [1.54, 1.807) is 13.3 Å². The van der Waals surface area contributed by atoms with Gasteiger partial charge in [-0.05, 0) is 36.2 Å². The molecule has 3 aromatic rings. The Balaban J connectivity index is 1.68. The lowest BCUT2D eigenvalue weighted by Crippen LogP contribution is -1.97. The van der Waals surface area contributed by atoms with Gasteiger partial charge in [-0.15, -0.1) is 0 Å². The van der Waals surface area contributed by atoms with Crippen molar-refractivity contribution in [1.29, 1.82) is 0 Å². The number of fused-ring (bicyclic) bond motifs is 1. The number of hydrazone groups is 1. The summed E-state index contributed by atoms with van der Waals surface area (Å²) in [6.07, 6.45) is 4.22. The van der Waals surface area contributed by atoms with Gasteiger partial charge in [-0.3, -0.25) is 10.4 Å². The number of aromatic nitrogens is 2. The topological polar surface area (TPSA) is 59.4 Å². The fourth-order valence-corrected chi connectivity index (χ4v) is 2.57. The molecule has 1 aromatic heterocycles. The Morgan fingerprint density at radius 3 is 2.75 bits per heavy atom. The third-order valence-corrected chi connectivity index (χ3v) is 4.10. The first-order valence-electron chi connectivity index (χ1n) is 7.49. The molecule has 1 N–H and O–H groups in total. The van der Waals surface area contributed by atoms with Crippen LogP contribution in [0.4, 0.5) is 5.82 Å². The zero-order valence-electron chi connectivity index (χ0n) is 13.5. The maximum atomic E-state index is 5.30. The van der Waals surface area contributed by atoms with E-state index in [2.05, 4.69) is 48.6 Å². The van der Waals surface area contributed by atoms with E-state index >= 15 is 0 Å². The summed E-state index contributed by atoms with van der Waals surface area (Å²) in [4.78, 5) is 8.91. The molecule has 5 nitrogen and oxygen atoms in total. The van der Waals surface area contributed by atoms with Crippen molar-refractivity contribution in [2.45, 2.75) is 13.3 Å². The van der Waals surface area contributed by atoms with Crippen LogP contribution in [0.15, 0.2) is 52.2 Å². The summed E-state index contributed by atoms with van der Waals surface area (Å²) in [6, 6.07) is 12.0. The molecule has 0 aliphatic carbocycles. The fourth-order valence-electron chi connectivity index (χ4n) is 2.30. The molecule has 0 spiro atoms. The Morgan fingerprint density at radius 1 is 1.21 bits per heavy atom. The van der Waals surface area contributed by atoms with Gasteiger partial charge in [0.05, 0.1) is 24.3 Å². The Morgan fingerprint density at radius 2 is 2.00 bits per heavy atom. The summed E-state index contributed by atoms with van der Waals surface area (Å²) in [5.41, 5.74) is 6.74. The molecule has 0 amide bonds. The summed E-state index contributed by atoms with van der Waals surface area (Å²) < 4.78 is 6.37. The minimum Gasteiger partial charge on any atom is -0.496 e. The number of anilines is 1. The molecule has 122 valence electrons. The molecule has 1 heterocycles. The quantitative estimate of drug-likeness (QED) is 0.524. The van der Waals surface area contributed by atoms with E-state index in [9.17, 15) is 0 Å². The van der Waals surface area contributed by atoms with Gasteiger partial charge in [0, 0.05) is 23.2 Å². The van der Waals surface area contributed by atoms with Crippen molar-refractivity contribution in [3.8, 4) is 5.75 Å². The second-order valence-corrected chi connectivity index (χ2v) is 6.24. The van der Waals surface area contributed by atoms with Gasteiger partial charge in [-0.2, -0.15) is 5.10 Å². The van der Waals surface area contributed by atoms with Crippen LogP contribution in [0.3, 0.4) is 0 Å². The van der Waals surface area contributed by atoms with Gasteiger partial charge >= 0.3 is 0 Å². The van der Waals surface area contributed by atoms with Crippen LogP contribution in [0.2, 0.25) is 0 Å². The van der Waals surface area contributed by atoms with E-state index in [1.807, 2.05) is 37.4 Å². The van der Waals surface area contributed by atoms with E-state index in [0.29, 0.717) is 5.82 Å². The fraction of sp³-hybridized carbons (Fsp3) is 0.167. The van der Waals surface area contributed by atoms with Crippen LogP contribution in [0.1, 0.15) is 11.1 Å². The van der Waals surface area contributed by atoms with Crippen LogP contribution in [0.5, 0.6) is 5.75 Å². The number of ether oxygens (including phenoxy) is 1. The van der Waals surface area contributed by atoms with Crippen molar-refractivity contribution in [2.24, 2.45) is 5.10 Å². The van der Waals surface area contributed by atoms with E-state index in [4.69, 9.17) is 4.74 Å². The maximum Gasteiger partial charge on any atom is 0.165 e. The largest absolute Gasteiger partial charge is 0.496 e. The first-order chi connectivity index (χ1) is 11.7. The molecule has 0 bridgehead atoms. The normalized spacial score (nSPS) is 11.1. The Kier molecular flexibility index (Phi) is 5.05. The Hall–Kier alpha value is -2.47. The minimum absolute atomic E-state index is 0.610. The number of hydrogen-bond donors (Lipinski definition) is 1. The predicted molar refractivity (Wildman–Crippen MR) is 101 cm³/mol. The van der Waals surface area contributed by atoms with Gasteiger partial charge in [-0.1, -0.05) is 28.1 Å². The lowest BCUT2D eigenvalue weighted by atomic mass is 10.2. The molecule has 6 heteroatoms. The number of halogens is 1. The molecule has 0 aliphatic rings. The monoisotopic (exact) mass is 384 g/mol. The van der Waals surface area contributed by atoms with Gasteiger partial charge < -0.3 is 4.74 Å². The first kappa shape index (κ1) is 16.4. The lowest BCUT2D eigenvalue weighted by molar-refractivity contribution is 0.412. The summed E-state index contributed by atoms with van der Waals surface area (Å²) >= 11 is 3.42. The minimum atomic E-state index is 0.610. The number of methoxy groups -OCH3 is 1. The van der Waals surface area contributed by atoms with Gasteiger partial charge in [0.25, 0.3) is 0 Å². The second-order valence-electron chi connectivity index (χ2n) is 5.32. The second kappa shape index (κ2) is 7.40. The van der Waals surface area contributed by atoms with Gasteiger partial charge in [0.2, 0.25) is 0 Å². The lowest BCUT2D eigenvalue weighted by Gasteiger charge is -2.07. The van der Waals surface area contributed by atoms with Crippen LogP contribution in [-0.2, 0) is 6.42 Å². The van der Waals surface area contributed by atoms with Crippen LogP contribution in [0.25, 0.3) is 11.0 Å². The maximum absolute atomic E-state index is 5.30. The van der Waals surface area contributed by atoms with Crippen molar-refractivity contribution >= 4 is 39.0 Å². The average molecular weight is 385 g/mol. The molecule has 0 fully saturated rings. The summed E-state index contributed by atoms with van der Waals surface area (Å²) in [5, 5.41) is 4.21. The molecule has 0 saturated heterocycles. The molecule has 0 atom stereocenters. The van der Waals surface area contributed by atoms with Crippen molar-refractivity contribution in [3.05, 3.63) is 58.2 Å². The van der Waals surface area contributed by atoms with Gasteiger partial charge in [0.15, 0.2) is 5.82 Å². The van der Waals surface area contributed by atoms with Gasteiger partial charge in [-0.25, -0.2) is 4.98 Å². The Bertz CT molecular complexity index is 878. The van der Waals surface area contributed by atoms with Crippen molar-refractivity contribution in [2.75, 3.05) is 12.5 Å². The molecule has 0 radical (unpaired) electrons.